The highest BCUT2D eigenvalue weighted by Crippen LogP contribution is 2.42. The zero-order valence-electron chi connectivity index (χ0n) is 20.9. The van der Waals surface area contributed by atoms with Gasteiger partial charge in [0, 0.05) is 19.9 Å². The van der Waals surface area contributed by atoms with Crippen LogP contribution in [0.2, 0.25) is 0 Å². The summed E-state index contributed by atoms with van der Waals surface area (Å²) in [5.74, 6) is -0.404. The second-order valence-corrected chi connectivity index (χ2v) is 10.6. The molecule has 194 valence electrons. The number of hydrogen-bond donors (Lipinski definition) is 4. The Kier molecular flexibility index (Phi) is 8.21. The Balaban J connectivity index is 1.60. The summed E-state index contributed by atoms with van der Waals surface area (Å²) in [5, 5.41) is 18.1. The average Bonchev–Trinajstić information content (AvgIpc) is 2.89. The first-order chi connectivity index (χ1) is 18.1. The van der Waals surface area contributed by atoms with Crippen LogP contribution < -0.4 is 16.4 Å². The molecule has 5 N–H and O–H groups in total. The number of rotatable bonds is 7. The molecule has 0 bridgehead atoms. The molecular weight excluding hydrogens is 593 g/mol. The van der Waals surface area contributed by atoms with Crippen molar-refractivity contribution in [3.05, 3.63) is 106 Å². The normalized spacial score (nSPS) is 12.3. The molecule has 7 nitrogen and oxygen atoms in total. The summed E-state index contributed by atoms with van der Waals surface area (Å²) in [7, 11) is 0. The van der Waals surface area contributed by atoms with Crippen molar-refractivity contribution in [1.82, 2.24) is 0 Å². The van der Waals surface area contributed by atoms with Gasteiger partial charge in [0.15, 0.2) is 0 Å². The molecule has 38 heavy (non-hydrogen) atoms. The third kappa shape index (κ3) is 6.44. The van der Waals surface area contributed by atoms with Crippen molar-refractivity contribution < 1.29 is 19.4 Å². The standard InChI is InChI=1S/C30H28IN3O4/c1-30(2,17-16-27(36)33-25-12-6-5-11-23(25)32)28(22-18-20(31)14-15-26(22)35)38-29(37)34-24-13-7-9-19-8-3-4-10-21(19)24/h3-18,28,35H,32H2,1-2H3,(H,33,36)(H,34,37)/b17-16+/t28-/m0/s1. The van der Waals surface area contributed by atoms with Gasteiger partial charge in [0.25, 0.3) is 0 Å². The molecule has 0 aliphatic rings. The Labute approximate surface area is 234 Å². The van der Waals surface area contributed by atoms with Crippen LogP contribution in [-0.4, -0.2) is 17.1 Å². The zero-order chi connectivity index (χ0) is 27.3. The van der Waals surface area contributed by atoms with Crippen molar-refractivity contribution >= 4 is 62.4 Å². The van der Waals surface area contributed by atoms with E-state index in [0.717, 1.165) is 14.3 Å². The number of phenolic OH excluding ortho intramolecular Hbond substituents is 1. The van der Waals surface area contributed by atoms with Crippen molar-refractivity contribution in [2.45, 2.75) is 20.0 Å². The maximum absolute atomic E-state index is 13.2. The predicted molar refractivity (Wildman–Crippen MR) is 160 cm³/mol. The summed E-state index contributed by atoms with van der Waals surface area (Å²) in [4.78, 5) is 25.8. The fourth-order valence-electron chi connectivity index (χ4n) is 4.10. The van der Waals surface area contributed by atoms with E-state index in [4.69, 9.17) is 10.5 Å². The quantitative estimate of drug-likeness (QED) is 0.0987. The maximum Gasteiger partial charge on any atom is 0.412 e. The molecule has 4 aromatic rings. The van der Waals surface area contributed by atoms with E-state index in [0.29, 0.717) is 22.6 Å². The highest BCUT2D eigenvalue weighted by atomic mass is 127. The highest BCUT2D eigenvalue weighted by molar-refractivity contribution is 14.1. The monoisotopic (exact) mass is 621 g/mol. The molecule has 0 radical (unpaired) electrons. The molecule has 0 unspecified atom stereocenters. The van der Waals surface area contributed by atoms with E-state index in [-0.39, 0.29) is 11.7 Å². The molecule has 8 heteroatoms. The number of nitrogen functional groups attached to an aromatic ring is 1. The number of phenols is 1. The van der Waals surface area contributed by atoms with Crippen LogP contribution in [0.25, 0.3) is 10.8 Å². The van der Waals surface area contributed by atoms with Crippen LogP contribution in [0.5, 0.6) is 5.75 Å². The van der Waals surface area contributed by atoms with Crippen molar-refractivity contribution in [2.24, 2.45) is 5.41 Å². The van der Waals surface area contributed by atoms with E-state index < -0.39 is 17.6 Å². The van der Waals surface area contributed by atoms with Gasteiger partial charge < -0.3 is 20.9 Å². The molecule has 0 saturated carbocycles. The number of para-hydroxylation sites is 2. The Morgan fingerprint density at radius 3 is 2.42 bits per heavy atom. The topological polar surface area (TPSA) is 114 Å². The number of nitrogens with two attached hydrogens (primary N) is 1. The largest absolute Gasteiger partial charge is 0.508 e. The number of benzene rings is 4. The fraction of sp³-hybridized carbons (Fsp3) is 0.133. The predicted octanol–water partition coefficient (Wildman–Crippen LogP) is 7.24. The Bertz CT molecular complexity index is 1510. The summed E-state index contributed by atoms with van der Waals surface area (Å²) in [6.45, 7) is 3.64. The molecular formula is C30H28IN3O4. The Morgan fingerprint density at radius 2 is 1.63 bits per heavy atom. The van der Waals surface area contributed by atoms with Crippen LogP contribution in [0.1, 0.15) is 25.5 Å². The number of halogens is 1. The molecule has 4 rings (SSSR count). The second-order valence-electron chi connectivity index (χ2n) is 9.37. The summed E-state index contributed by atoms with van der Waals surface area (Å²) in [5.41, 5.74) is 7.01. The molecule has 0 aliphatic heterocycles. The number of nitrogens with one attached hydrogen (secondary N) is 2. The Morgan fingerprint density at radius 1 is 0.947 bits per heavy atom. The van der Waals surface area contributed by atoms with Gasteiger partial charge in [-0.2, -0.15) is 0 Å². The van der Waals surface area contributed by atoms with Crippen LogP contribution >= 0.6 is 22.6 Å². The number of amides is 2. The summed E-state index contributed by atoms with van der Waals surface area (Å²) >= 11 is 2.13. The third-order valence-electron chi connectivity index (χ3n) is 6.08. The molecule has 1 atom stereocenters. The zero-order valence-corrected chi connectivity index (χ0v) is 23.1. The third-order valence-corrected chi connectivity index (χ3v) is 6.75. The van der Waals surface area contributed by atoms with E-state index in [1.165, 1.54) is 6.08 Å². The van der Waals surface area contributed by atoms with Gasteiger partial charge in [0.2, 0.25) is 5.91 Å². The molecule has 0 fully saturated rings. The lowest BCUT2D eigenvalue weighted by molar-refractivity contribution is -0.112. The average molecular weight is 621 g/mol. The smallest absolute Gasteiger partial charge is 0.412 e. The molecule has 4 aromatic carbocycles. The highest BCUT2D eigenvalue weighted by Gasteiger charge is 2.34. The van der Waals surface area contributed by atoms with Crippen molar-refractivity contribution in [3.63, 3.8) is 0 Å². The first kappa shape index (κ1) is 27.0. The lowest BCUT2D eigenvalue weighted by Crippen LogP contribution is -2.28. The van der Waals surface area contributed by atoms with E-state index >= 15 is 0 Å². The second kappa shape index (κ2) is 11.6. The summed E-state index contributed by atoms with van der Waals surface area (Å²) in [6.07, 6.45) is 1.41. The number of aromatic hydroxyl groups is 1. The van der Waals surface area contributed by atoms with E-state index in [2.05, 4.69) is 33.2 Å². The van der Waals surface area contributed by atoms with Crippen LogP contribution in [0, 0.1) is 8.99 Å². The number of carbonyl (C=O) groups is 2. The van der Waals surface area contributed by atoms with Gasteiger partial charge in [-0.15, -0.1) is 0 Å². The number of ether oxygens (including phenoxy) is 1. The molecule has 0 heterocycles. The molecule has 0 aliphatic carbocycles. The molecule has 2 amide bonds. The minimum atomic E-state index is -0.918. The summed E-state index contributed by atoms with van der Waals surface area (Å²) < 4.78 is 6.80. The van der Waals surface area contributed by atoms with Gasteiger partial charge in [-0.1, -0.05) is 68.5 Å². The number of anilines is 3. The number of hydrogen-bond acceptors (Lipinski definition) is 5. The first-order valence-corrected chi connectivity index (χ1v) is 13.0. The van der Waals surface area contributed by atoms with Crippen LogP contribution in [-0.2, 0) is 9.53 Å². The van der Waals surface area contributed by atoms with Crippen molar-refractivity contribution in [3.8, 4) is 5.75 Å². The van der Waals surface area contributed by atoms with E-state index in [1.54, 1.807) is 54.6 Å². The number of carbonyl (C=O) groups excluding carboxylic acids is 2. The number of fused-ring (bicyclic) bond motifs is 1. The molecule has 0 saturated heterocycles. The molecule has 0 aromatic heterocycles. The van der Waals surface area contributed by atoms with Gasteiger partial charge in [0.05, 0.1) is 17.1 Å². The van der Waals surface area contributed by atoms with Crippen LogP contribution in [0.4, 0.5) is 21.9 Å². The van der Waals surface area contributed by atoms with Crippen LogP contribution in [0.3, 0.4) is 0 Å². The minimum absolute atomic E-state index is 0.0173. The van der Waals surface area contributed by atoms with Crippen molar-refractivity contribution in [2.75, 3.05) is 16.4 Å². The maximum atomic E-state index is 13.2. The van der Waals surface area contributed by atoms with Crippen LogP contribution in [0.15, 0.2) is 97.1 Å². The van der Waals surface area contributed by atoms with Gasteiger partial charge in [-0.3, -0.25) is 10.1 Å². The SMILES string of the molecule is CC(C)(/C=C/C(=O)Nc1ccccc1N)[C@@H](OC(=O)Nc1cccc2ccccc12)c1cc(I)ccc1O. The lowest BCUT2D eigenvalue weighted by atomic mass is 9.81. The Hall–Kier alpha value is -4.05. The van der Waals surface area contributed by atoms with Gasteiger partial charge in [0.1, 0.15) is 11.9 Å². The van der Waals surface area contributed by atoms with Gasteiger partial charge in [-0.05, 0) is 70.5 Å². The van der Waals surface area contributed by atoms with E-state index in [9.17, 15) is 14.7 Å². The van der Waals surface area contributed by atoms with Gasteiger partial charge >= 0.3 is 6.09 Å². The fourth-order valence-corrected chi connectivity index (χ4v) is 4.61. The minimum Gasteiger partial charge on any atom is -0.508 e. The van der Waals surface area contributed by atoms with Gasteiger partial charge in [-0.25, -0.2) is 4.79 Å². The van der Waals surface area contributed by atoms with E-state index in [1.807, 2.05) is 50.2 Å². The lowest BCUT2D eigenvalue weighted by Gasteiger charge is -2.32. The van der Waals surface area contributed by atoms with Crippen molar-refractivity contribution in [1.29, 1.82) is 0 Å². The molecule has 0 spiro atoms. The summed E-state index contributed by atoms with van der Waals surface area (Å²) in [6, 6.07) is 25.3. The first-order valence-electron chi connectivity index (χ1n) is 11.9.